The van der Waals surface area contributed by atoms with Gasteiger partial charge in [-0.2, -0.15) is 5.26 Å². The van der Waals surface area contributed by atoms with Crippen LogP contribution in [0.3, 0.4) is 0 Å². The van der Waals surface area contributed by atoms with Gasteiger partial charge in [0.1, 0.15) is 23.3 Å². The van der Waals surface area contributed by atoms with Crippen molar-refractivity contribution in [3.8, 4) is 84.3 Å². The lowest BCUT2D eigenvalue weighted by Crippen LogP contribution is -1.98. The van der Waals surface area contributed by atoms with E-state index in [0.717, 1.165) is 92.8 Å². The third-order valence-corrected chi connectivity index (χ3v) is 12.5. The molecular formula is C62H44F2N4. The molecular weight excluding hydrogens is 839 g/mol. The smallest absolute Gasteiger partial charge is 0.144 e. The highest BCUT2D eigenvalue weighted by Gasteiger charge is 2.17. The van der Waals surface area contributed by atoms with Gasteiger partial charge in [0.25, 0.3) is 0 Å². The van der Waals surface area contributed by atoms with Crippen LogP contribution in [0.4, 0.5) is 8.78 Å². The summed E-state index contributed by atoms with van der Waals surface area (Å²) in [7, 11) is 0. The van der Waals surface area contributed by atoms with E-state index in [4.69, 9.17) is 0 Å². The molecule has 326 valence electrons. The third kappa shape index (κ3) is 9.65. The SMILES string of the molecule is N#Cc1c(F)cc(-c2ccc(-c3cc(-c4ccccn4)ccc3-c3ccccc3-c3cc(CCc4ccc(-c5ccccn5)cc4)cc(CCc4ccc(-c5ccccn5)cc4)c3)cc2)cc1F. The molecule has 68 heavy (non-hydrogen) atoms. The van der Waals surface area contributed by atoms with E-state index < -0.39 is 17.2 Å². The minimum atomic E-state index is -0.883. The molecule has 3 heterocycles. The number of aromatic nitrogens is 3. The van der Waals surface area contributed by atoms with Crippen molar-refractivity contribution in [2.24, 2.45) is 0 Å². The van der Waals surface area contributed by atoms with E-state index in [2.05, 4.69) is 124 Å². The average molecular weight is 883 g/mol. The Kier molecular flexibility index (Phi) is 12.6. The van der Waals surface area contributed by atoms with Crippen molar-refractivity contribution in [3.63, 3.8) is 0 Å². The molecule has 0 aliphatic carbocycles. The number of hydrogen-bond acceptors (Lipinski definition) is 4. The van der Waals surface area contributed by atoms with E-state index in [9.17, 15) is 14.0 Å². The summed E-state index contributed by atoms with van der Waals surface area (Å²) in [5, 5.41) is 9.24. The Labute approximate surface area is 395 Å². The molecule has 0 spiro atoms. The third-order valence-electron chi connectivity index (χ3n) is 12.5. The van der Waals surface area contributed by atoms with Crippen molar-refractivity contribution >= 4 is 0 Å². The van der Waals surface area contributed by atoms with Gasteiger partial charge < -0.3 is 0 Å². The Morgan fingerprint density at radius 1 is 0.324 bits per heavy atom. The maximum absolute atomic E-state index is 14.7. The zero-order valence-electron chi connectivity index (χ0n) is 37.2. The zero-order chi connectivity index (χ0) is 46.2. The van der Waals surface area contributed by atoms with Crippen LogP contribution in [0.2, 0.25) is 0 Å². The van der Waals surface area contributed by atoms with E-state index in [1.54, 1.807) is 12.3 Å². The molecule has 0 bridgehead atoms. The van der Waals surface area contributed by atoms with Crippen LogP contribution in [0.1, 0.15) is 27.8 Å². The van der Waals surface area contributed by atoms with Crippen molar-refractivity contribution in [3.05, 3.63) is 258 Å². The highest BCUT2D eigenvalue weighted by molar-refractivity contribution is 5.94. The van der Waals surface area contributed by atoms with Crippen LogP contribution in [-0.2, 0) is 25.7 Å². The fourth-order valence-electron chi connectivity index (χ4n) is 8.90. The Morgan fingerprint density at radius 2 is 0.750 bits per heavy atom. The lowest BCUT2D eigenvalue weighted by molar-refractivity contribution is 0.577. The Morgan fingerprint density at radius 3 is 1.25 bits per heavy atom. The zero-order valence-corrected chi connectivity index (χ0v) is 37.2. The highest BCUT2D eigenvalue weighted by Crippen LogP contribution is 2.41. The van der Waals surface area contributed by atoms with Gasteiger partial charge in [0.05, 0.1) is 17.1 Å². The topological polar surface area (TPSA) is 62.5 Å². The first kappa shape index (κ1) is 43.2. The van der Waals surface area contributed by atoms with Crippen molar-refractivity contribution in [2.75, 3.05) is 0 Å². The molecule has 0 aliphatic rings. The number of nitriles is 1. The molecule has 0 saturated heterocycles. The first-order chi connectivity index (χ1) is 33.5. The first-order valence-electron chi connectivity index (χ1n) is 22.7. The molecule has 10 rings (SSSR count). The Balaban J connectivity index is 1.02. The molecule has 0 saturated carbocycles. The lowest BCUT2D eigenvalue weighted by Gasteiger charge is -2.18. The van der Waals surface area contributed by atoms with Crippen molar-refractivity contribution in [1.82, 2.24) is 15.0 Å². The summed E-state index contributed by atoms with van der Waals surface area (Å²) in [6.07, 6.45) is 8.96. The van der Waals surface area contributed by atoms with Gasteiger partial charge in [-0.3, -0.25) is 15.0 Å². The summed E-state index contributed by atoms with van der Waals surface area (Å²) in [4.78, 5) is 13.7. The number of pyridine rings is 3. The molecule has 6 heteroatoms. The minimum absolute atomic E-state index is 0.358. The molecule has 0 radical (unpaired) electrons. The number of halogens is 2. The molecule has 7 aromatic carbocycles. The van der Waals surface area contributed by atoms with Gasteiger partial charge in [0.15, 0.2) is 0 Å². The van der Waals surface area contributed by atoms with Gasteiger partial charge in [0, 0.05) is 35.3 Å². The van der Waals surface area contributed by atoms with Crippen LogP contribution in [0.5, 0.6) is 0 Å². The van der Waals surface area contributed by atoms with E-state index in [1.807, 2.05) is 91.3 Å². The van der Waals surface area contributed by atoms with E-state index in [0.29, 0.717) is 11.1 Å². The number of hydrogen-bond donors (Lipinski definition) is 0. The number of rotatable bonds is 13. The van der Waals surface area contributed by atoms with Gasteiger partial charge in [-0.05, 0) is 147 Å². The second kappa shape index (κ2) is 19.8. The molecule has 0 fully saturated rings. The second-order valence-corrected chi connectivity index (χ2v) is 16.9. The fraction of sp³-hybridized carbons (Fsp3) is 0.0645. The summed E-state index contributed by atoms with van der Waals surface area (Å²) in [6.45, 7) is 0. The molecule has 4 nitrogen and oxygen atoms in total. The van der Waals surface area contributed by atoms with Crippen molar-refractivity contribution in [2.45, 2.75) is 25.7 Å². The monoisotopic (exact) mass is 882 g/mol. The van der Waals surface area contributed by atoms with Crippen LogP contribution in [-0.4, -0.2) is 15.0 Å². The number of benzene rings is 7. The summed E-state index contributed by atoms with van der Waals surface area (Å²) in [5.41, 5.74) is 17.7. The molecule has 0 amide bonds. The van der Waals surface area contributed by atoms with E-state index in [1.165, 1.54) is 34.4 Å². The summed E-state index contributed by atoms with van der Waals surface area (Å²) in [6, 6.07) is 69.2. The van der Waals surface area contributed by atoms with Crippen LogP contribution >= 0.6 is 0 Å². The quantitative estimate of drug-likeness (QED) is 0.116. The number of aryl methyl sites for hydroxylation is 4. The summed E-state index contributed by atoms with van der Waals surface area (Å²) < 4.78 is 29.4. The van der Waals surface area contributed by atoms with E-state index >= 15 is 0 Å². The second-order valence-electron chi connectivity index (χ2n) is 16.9. The van der Waals surface area contributed by atoms with Gasteiger partial charge in [-0.15, -0.1) is 0 Å². The average Bonchev–Trinajstić information content (AvgIpc) is 3.40. The normalized spacial score (nSPS) is 11.0. The number of nitrogens with zero attached hydrogens (tertiary/aromatic N) is 4. The van der Waals surface area contributed by atoms with Crippen LogP contribution in [0, 0.1) is 23.0 Å². The minimum Gasteiger partial charge on any atom is -0.256 e. The molecule has 0 unspecified atom stereocenters. The standard InChI is InChI=1S/C62H44F2N4/c63-58-39-51(40-59(64)57(58)41-65)46-26-28-47(29-27-46)56-38-50(62-13-5-8-34-68-62)30-31-55(56)54-10-2-1-9-53(54)52-36-44(16-14-42-18-22-48(23-19-42)60-11-3-6-32-66-60)35-45(37-52)17-15-43-20-24-49(25-21-43)61-12-4-7-33-67-61/h1-13,18-40H,14-17H2. The van der Waals surface area contributed by atoms with Gasteiger partial charge in [0.2, 0.25) is 0 Å². The summed E-state index contributed by atoms with van der Waals surface area (Å²) in [5.74, 6) is -1.77. The maximum atomic E-state index is 14.7. The molecule has 0 aliphatic heterocycles. The van der Waals surface area contributed by atoms with Crippen LogP contribution in [0.15, 0.2) is 219 Å². The Hall–Kier alpha value is -8.66. The predicted octanol–water partition coefficient (Wildman–Crippen LogP) is 15.3. The van der Waals surface area contributed by atoms with Crippen LogP contribution in [0.25, 0.3) is 78.3 Å². The largest absolute Gasteiger partial charge is 0.256 e. The van der Waals surface area contributed by atoms with Gasteiger partial charge >= 0.3 is 0 Å². The highest BCUT2D eigenvalue weighted by atomic mass is 19.1. The van der Waals surface area contributed by atoms with Crippen molar-refractivity contribution in [1.29, 1.82) is 5.26 Å². The molecule has 0 atom stereocenters. The molecule has 3 aromatic heterocycles. The fourth-order valence-corrected chi connectivity index (χ4v) is 8.90. The predicted molar refractivity (Wildman–Crippen MR) is 270 cm³/mol. The van der Waals surface area contributed by atoms with Gasteiger partial charge in [-0.1, -0.05) is 146 Å². The maximum Gasteiger partial charge on any atom is 0.144 e. The summed E-state index contributed by atoms with van der Waals surface area (Å²) >= 11 is 0. The molecule has 10 aromatic rings. The van der Waals surface area contributed by atoms with Gasteiger partial charge in [-0.25, -0.2) is 8.78 Å². The van der Waals surface area contributed by atoms with Crippen LogP contribution < -0.4 is 0 Å². The van der Waals surface area contributed by atoms with Crippen molar-refractivity contribution < 1.29 is 8.78 Å². The first-order valence-corrected chi connectivity index (χ1v) is 22.7. The molecule has 0 N–H and O–H groups in total. The van der Waals surface area contributed by atoms with E-state index in [-0.39, 0.29) is 0 Å². The lowest BCUT2D eigenvalue weighted by atomic mass is 9.86. The Bertz CT molecular complexity index is 3260.